The maximum absolute atomic E-state index is 4.47. The summed E-state index contributed by atoms with van der Waals surface area (Å²) in [4.78, 5) is 4.77. The zero-order valence-electron chi connectivity index (χ0n) is 16.2. The van der Waals surface area contributed by atoms with Gasteiger partial charge in [-0.1, -0.05) is 60.4 Å². The van der Waals surface area contributed by atoms with Crippen LogP contribution in [-0.2, 0) is 6.54 Å². The van der Waals surface area contributed by atoms with Crippen molar-refractivity contribution in [3.8, 4) is 11.8 Å². The average Bonchev–Trinajstić information content (AvgIpc) is 3.19. The quantitative estimate of drug-likeness (QED) is 0.661. The molecular formula is C23H25N5. The first-order valence-corrected chi connectivity index (χ1v) is 9.70. The van der Waals surface area contributed by atoms with Gasteiger partial charge >= 0.3 is 0 Å². The normalized spacial score (nSPS) is 16.3. The Morgan fingerprint density at radius 3 is 2.32 bits per heavy atom. The molecule has 3 aromatic rings. The van der Waals surface area contributed by atoms with E-state index in [1.165, 1.54) is 5.56 Å². The number of likely N-dealkylation sites (N-methyl/N-ethyl adjacent to an activating group) is 1. The van der Waals surface area contributed by atoms with Crippen LogP contribution in [0.2, 0.25) is 0 Å². The van der Waals surface area contributed by atoms with Crippen molar-refractivity contribution >= 4 is 0 Å². The van der Waals surface area contributed by atoms with Gasteiger partial charge in [0, 0.05) is 31.7 Å². The molecule has 1 atom stereocenters. The molecule has 0 aliphatic carbocycles. The Morgan fingerprint density at radius 1 is 0.929 bits per heavy atom. The lowest BCUT2D eigenvalue weighted by Gasteiger charge is -2.35. The van der Waals surface area contributed by atoms with Gasteiger partial charge in [-0.3, -0.25) is 4.90 Å². The van der Waals surface area contributed by atoms with Gasteiger partial charge in [-0.15, -0.1) is 10.2 Å². The van der Waals surface area contributed by atoms with Gasteiger partial charge in [-0.25, -0.2) is 0 Å². The van der Waals surface area contributed by atoms with E-state index in [0.717, 1.165) is 44.1 Å². The van der Waals surface area contributed by atoms with E-state index >= 15 is 0 Å². The van der Waals surface area contributed by atoms with Crippen molar-refractivity contribution in [3.63, 3.8) is 0 Å². The van der Waals surface area contributed by atoms with Crippen LogP contribution in [0.15, 0.2) is 67.0 Å². The Bertz CT molecular complexity index is 931. The fourth-order valence-electron chi connectivity index (χ4n) is 3.45. The molecule has 5 heteroatoms. The number of hydrogen-bond donors (Lipinski definition) is 0. The van der Waals surface area contributed by atoms with Gasteiger partial charge in [0.15, 0.2) is 5.82 Å². The second kappa shape index (κ2) is 8.83. The highest BCUT2D eigenvalue weighted by molar-refractivity contribution is 5.36. The van der Waals surface area contributed by atoms with Gasteiger partial charge in [-0.2, -0.15) is 0 Å². The standard InChI is InChI=1S/C23H25N5/c1-26-14-16-27(17-15-26)22(13-12-20-8-4-2-5-9-20)23-25-24-19-28(23)18-21-10-6-3-7-11-21/h2-11,19,22H,14-18H2,1H3. The van der Waals surface area contributed by atoms with Crippen LogP contribution in [0, 0.1) is 11.8 Å². The molecule has 0 amide bonds. The summed E-state index contributed by atoms with van der Waals surface area (Å²) in [6.07, 6.45) is 1.82. The molecule has 1 saturated heterocycles. The minimum Gasteiger partial charge on any atom is -0.311 e. The van der Waals surface area contributed by atoms with E-state index in [-0.39, 0.29) is 6.04 Å². The van der Waals surface area contributed by atoms with Crippen LogP contribution in [0.25, 0.3) is 0 Å². The highest BCUT2D eigenvalue weighted by Crippen LogP contribution is 2.21. The van der Waals surface area contributed by atoms with E-state index in [4.69, 9.17) is 0 Å². The maximum atomic E-state index is 4.47. The van der Waals surface area contributed by atoms with Crippen LogP contribution < -0.4 is 0 Å². The number of aromatic nitrogens is 3. The van der Waals surface area contributed by atoms with E-state index in [2.05, 4.69) is 67.7 Å². The Kier molecular flexibility index (Phi) is 5.81. The zero-order valence-corrected chi connectivity index (χ0v) is 16.2. The largest absolute Gasteiger partial charge is 0.311 e. The van der Waals surface area contributed by atoms with E-state index in [1.807, 2.05) is 42.7 Å². The van der Waals surface area contributed by atoms with Crippen molar-refractivity contribution < 1.29 is 0 Å². The fraction of sp³-hybridized carbons (Fsp3) is 0.304. The molecular weight excluding hydrogens is 346 g/mol. The Balaban J connectivity index is 1.64. The molecule has 1 aliphatic heterocycles. The predicted molar refractivity (Wildman–Crippen MR) is 111 cm³/mol. The first kappa shape index (κ1) is 18.4. The monoisotopic (exact) mass is 371 g/mol. The van der Waals surface area contributed by atoms with E-state index in [0.29, 0.717) is 0 Å². The van der Waals surface area contributed by atoms with Crippen LogP contribution in [0.5, 0.6) is 0 Å². The van der Waals surface area contributed by atoms with E-state index in [1.54, 1.807) is 0 Å². The first-order chi connectivity index (χ1) is 13.8. The van der Waals surface area contributed by atoms with Crippen molar-refractivity contribution in [3.05, 3.63) is 83.9 Å². The summed E-state index contributed by atoms with van der Waals surface area (Å²) < 4.78 is 2.12. The Labute approximate surface area is 166 Å². The van der Waals surface area contributed by atoms with Gasteiger partial charge in [0.1, 0.15) is 12.4 Å². The molecule has 4 rings (SSSR count). The summed E-state index contributed by atoms with van der Waals surface area (Å²) >= 11 is 0. The molecule has 0 bridgehead atoms. The minimum atomic E-state index is -0.0693. The van der Waals surface area contributed by atoms with Gasteiger partial charge in [0.25, 0.3) is 0 Å². The highest BCUT2D eigenvalue weighted by Gasteiger charge is 2.26. The van der Waals surface area contributed by atoms with E-state index < -0.39 is 0 Å². The Hall–Kier alpha value is -2.94. The second-order valence-corrected chi connectivity index (χ2v) is 7.18. The lowest BCUT2D eigenvalue weighted by Crippen LogP contribution is -2.46. The van der Waals surface area contributed by atoms with Crippen molar-refractivity contribution in [2.24, 2.45) is 0 Å². The molecule has 1 fully saturated rings. The topological polar surface area (TPSA) is 37.2 Å². The summed E-state index contributed by atoms with van der Waals surface area (Å²) in [6.45, 7) is 4.78. The van der Waals surface area contributed by atoms with Crippen molar-refractivity contribution in [1.29, 1.82) is 0 Å². The van der Waals surface area contributed by atoms with Crippen LogP contribution in [-0.4, -0.2) is 57.8 Å². The Morgan fingerprint density at radius 2 is 1.61 bits per heavy atom. The summed E-state index contributed by atoms with van der Waals surface area (Å²) in [5.74, 6) is 7.74. The van der Waals surface area contributed by atoms with E-state index in [9.17, 15) is 0 Å². The fourth-order valence-corrected chi connectivity index (χ4v) is 3.45. The SMILES string of the molecule is CN1CCN(C(C#Cc2ccccc2)c2nncn2Cc2ccccc2)CC1. The molecule has 2 aromatic carbocycles. The van der Waals surface area contributed by atoms with Crippen LogP contribution in [0.4, 0.5) is 0 Å². The summed E-state index contributed by atoms with van der Waals surface area (Å²) in [7, 11) is 2.17. The molecule has 1 unspecified atom stereocenters. The number of nitrogens with zero attached hydrogens (tertiary/aromatic N) is 5. The molecule has 0 spiro atoms. The third-order valence-electron chi connectivity index (χ3n) is 5.12. The van der Waals surface area contributed by atoms with Gasteiger partial charge in [0.2, 0.25) is 0 Å². The maximum Gasteiger partial charge on any atom is 0.163 e. The summed E-state index contributed by atoms with van der Waals surface area (Å²) in [5, 5.41) is 8.69. The molecule has 5 nitrogen and oxygen atoms in total. The highest BCUT2D eigenvalue weighted by atomic mass is 15.3. The number of rotatable bonds is 4. The third-order valence-corrected chi connectivity index (χ3v) is 5.12. The number of piperazine rings is 1. The first-order valence-electron chi connectivity index (χ1n) is 9.70. The van der Waals surface area contributed by atoms with Gasteiger partial charge < -0.3 is 9.47 Å². The molecule has 0 N–H and O–H groups in total. The molecule has 1 aromatic heterocycles. The van der Waals surface area contributed by atoms with Crippen LogP contribution in [0.3, 0.4) is 0 Å². The predicted octanol–water partition coefficient (Wildman–Crippen LogP) is 2.67. The molecule has 2 heterocycles. The molecule has 142 valence electrons. The van der Waals surface area contributed by atoms with Crippen LogP contribution in [0.1, 0.15) is 23.0 Å². The summed E-state index contributed by atoms with van der Waals surface area (Å²) in [5.41, 5.74) is 2.26. The van der Waals surface area contributed by atoms with Gasteiger partial charge in [0.05, 0.1) is 6.54 Å². The third kappa shape index (κ3) is 4.48. The second-order valence-electron chi connectivity index (χ2n) is 7.18. The zero-order chi connectivity index (χ0) is 19.2. The van der Waals surface area contributed by atoms with Crippen molar-refractivity contribution in [2.75, 3.05) is 33.2 Å². The van der Waals surface area contributed by atoms with Crippen molar-refractivity contribution in [1.82, 2.24) is 24.6 Å². The van der Waals surface area contributed by atoms with Crippen LogP contribution >= 0.6 is 0 Å². The average molecular weight is 371 g/mol. The number of hydrogen-bond acceptors (Lipinski definition) is 4. The molecule has 1 aliphatic rings. The summed E-state index contributed by atoms with van der Waals surface area (Å²) in [6, 6.07) is 20.5. The molecule has 28 heavy (non-hydrogen) atoms. The van der Waals surface area contributed by atoms with Gasteiger partial charge in [-0.05, 0) is 24.7 Å². The van der Waals surface area contributed by atoms with Crippen molar-refractivity contribution in [2.45, 2.75) is 12.6 Å². The number of benzene rings is 2. The minimum absolute atomic E-state index is 0.0693. The molecule has 0 saturated carbocycles. The molecule has 0 radical (unpaired) electrons. The lowest BCUT2D eigenvalue weighted by atomic mass is 10.1. The lowest BCUT2D eigenvalue weighted by molar-refractivity contribution is 0.129. The smallest absolute Gasteiger partial charge is 0.163 e.